The Morgan fingerprint density at radius 2 is 1.74 bits per heavy atom. The number of halogens is 3. The van der Waals surface area contributed by atoms with Crippen LogP contribution in [-0.2, 0) is 4.79 Å². The van der Waals surface area contributed by atoms with Crippen LogP contribution in [0.25, 0.3) is 0 Å². The topological polar surface area (TPSA) is 49.3 Å². The number of hydrogen-bond acceptors (Lipinski definition) is 3. The molecule has 1 aliphatic rings. The summed E-state index contributed by atoms with van der Waals surface area (Å²) in [6, 6.07) is 11.5. The van der Waals surface area contributed by atoms with E-state index < -0.39 is 12.1 Å². The number of thioether (sulfide) groups is 1. The Balaban J connectivity index is 0.000000322. The van der Waals surface area contributed by atoms with E-state index in [1.165, 1.54) is 36.3 Å². The maximum absolute atomic E-state index is 10.6. The molecule has 0 radical (unpaired) electrons. The van der Waals surface area contributed by atoms with Crippen molar-refractivity contribution in [3.63, 3.8) is 0 Å². The molecular formula is C16H22F3NO2S. The number of benzene rings is 1. The van der Waals surface area contributed by atoms with Gasteiger partial charge in [-0.15, -0.1) is 11.8 Å². The number of carbonyl (C=O) groups is 1. The van der Waals surface area contributed by atoms with Crippen molar-refractivity contribution >= 4 is 17.7 Å². The third kappa shape index (κ3) is 8.27. The van der Waals surface area contributed by atoms with Crippen molar-refractivity contribution < 1.29 is 23.1 Å². The smallest absolute Gasteiger partial charge is 0.475 e. The molecule has 0 bridgehead atoms. The second-order valence-electron chi connectivity index (χ2n) is 5.43. The van der Waals surface area contributed by atoms with Gasteiger partial charge in [0.2, 0.25) is 0 Å². The lowest BCUT2D eigenvalue weighted by atomic mass is 9.87. The highest BCUT2D eigenvalue weighted by atomic mass is 32.2. The molecule has 130 valence electrons. The van der Waals surface area contributed by atoms with Crippen LogP contribution in [0.5, 0.6) is 0 Å². The Labute approximate surface area is 138 Å². The fourth-order valence-electron chi connectivity index (χ4n) is 2.35. The molecule has 0 heterocycles. The summed E-state index contributed by atoms with van der Waals surface area (Å²) in [7, 11) is 2.09. The zero-order chi connectivity index (χ0) is 17.3. The van der Waals surface area contributed by atoms with E-state index in [4.69, 9.17) is 9.90 Å². The van der Waals surface area contributed by atoms with Crippen LogP contribution in [0.4, 0.5) is 13.2 Å². The van der Waals surface area contributed by atoms with E-state index in [0.717, 1.165) is 12.0 Å². The first kappa shape index (κ1) is 19.8. The molecule has 2 rings (SSSR count). The Kier molecular flexibility index (Phi) is 8.47. The summed E-state index contributed by atoms with van der Waals surface area (Å²) in [6.45, 7) is 0. The van der Waals surface area contributed by atoms with Crippen LogP contribution in [0, 0.1) is 5.92 Å². The van der Waals surface area contributed by atoms with E-state index in [2.05, 4.69) is 42.7 Å². The fourth-order valence-corrected chi connectivity index (χ4v) is 3.46. The van der Waals surface area contributed by atoms with Crippen LogP contribution < -0.4 is 5.32 Å². The Morgan fingerprint density at radius 3 is 2.17 bits per heavy atom. The maximum atomic E-state index is 10.6. The zero-order valence-electron chi connectivity index (χ0n) is 13.0. The second-order valence-corrected chi connectivity index (χ2v) is 6.53. The number of alkyl halides is 3. The summed E-state index contributed by atoms with van der Waals surface area (Å²) in [6.07, 6.45) is 0.420. The minimum atomic E-state index is -5.08. The normalized spacial score (nSPS) is 21.2. The third-order valence-electron chi connectivity index (χ3n) is 3.73. The van der Waals surface area contributed by atoms with E-state index in [-0.39, 0.29) is 0 Å². The molecule has 0 amide bonds. The van der Waals surface area contributed by atoms with Crippen LogP contribution in [0.2, 0.25) is 0 Å². The summed E-state index contributed by atoms with van der Waals surface area (Å²) < 4.78 is 31.7. The molecule has 1 saturated carbocycles. The van der Waals surface area contributed by atoms with Gasteiger partial charge in [-0.1, -0.05) is 18.2 Å². The van der Waals surface area contributed by atoms with Crippen molar-refractivity contribution in [2.24, 2.45) is 5.92 Å². The zero-order valence-corrected chi connectivity index (χ0v) is 13.8. The SMILES string of the molecule is CN[C@H]1CC[C@H](CSc2ccccc2)CC1.O=C(O)C(F)(F)F. The molecule has 0 aromatic heterocycles. The monoisotopic (exact) mass is 349 g/mol. The summed E-state index contributed by atoms with van der Waals surface area (Å²) in [5.41, 5.74) is 0. The predicted molar refractivity (Wildman–Crippen MR) is 85.7 cm³/mol. The van der Waals surface area contributed by atoms with Crippen LogP contribution >= 0.6 is 11.8 Å². The lowest BCUT2D eigenvalue weighted by Crippen LogP contribution is -2.30. The van der Waals surface area contributed by atoms with Crippen LogP contribution in [-0.4, -0.2) is 36.1 Å². The van der Waals surface area contributed by atoms with Gasteiger partial charge in [0.25, 0.3) is 0 Å². The number of hydrogen-bond donors (Lipinski definition) is 2. The molecule has 0 unspecified atom stereocenters. The largest absolute Gasteiger partial charge is 0.490 e. The Hall–Kier alpha value is -1.21. The van der Waals surface area contributed by atoms with Gasteiger partial charge in [-0.05, 0) is 50.8 Å². The molecule has 7 heteroatoms. The van der Waals surface area contributed by atoms with Crippen molar-refractivity contribution in [2.75, 3.05) is 12.8 Å². The maximum Gasteiger partial charge on any atom is 0.490 e. The van der Waals surface area contributed by atoms with Crippen LogP contribution in [0.15, 0.2) is 35.2 Å². The van der Waals surface area contributed by atoms with E-state index in [0.29, 0.717) is 0 Å². The average molecular weight is 349 g/mol. The molecule has 1 aliphatic carbocycles. The van der Waals surface area contributed by atoms with Crippen molar-refractivity contribution in [2.45, 2.75) is 42.8 Å². The third-order valence-corrected chi connectivity index (χ3v) is 4.97. The van der Waals surface area contributed by atoms with Crippen molar-refractivity contribution in [3.8, 4) is 0 Å². The number of rotatable bonds is 4. The van der Waals surface area contributed by atoms with Gasteiger partial charge >= 0.3 is 12.1 Å². The van der Waals surface area contributed by atoms with Gasteiger partial charge < -0.3 is 10.4 Å². The van der Waals surface area contributed by atoms with Crippen molar-refractivity contribution in [3.05, 3.63) is 30.3 Å². The van der Waals surface area contributed by atoms with E-state index in [9.17, 15) is 13.2 Å². The Bertz CT molecular complexity index is 460. The summed E-state index contributed by atoms with van der Waals surface area (Å²) in [5, 5.41) is 10.5. The van der Waals surface area contributed by atoms with Crippen molar-refractivity contribution in [1.82, 2.24) is 5.32 Å². The molecule has 2 N–H and O–H groups in total. The molecule has 0 atom stereocenters. The van der Waals surface area contributed by atoms with Gasteiger partial charge in [-0.2, -0.15) is 13.2 Å². The summed E-state index contributed by atoms with van der Waals surface area (Å²) >= 11 is 2.02. The minimum absolute atomic E-state index is 0.776. The molecule has 3 nitrogen and oxygen atoms in total. The first-order chi connectivity index (χ1) is 10.8. The van der Waals surface area contributed by atoms with Gasteiger partial charge in [0.05, 0.1) is 0 Å². The number of nitrogens with one attached hydrogen (secondary N) is 1. The molecule has 1 aromatic carbocycles. The van der Waals surface area contributed by atoms with Gasteiger partial charge in [-0.3, -0.25) is 0 Å². The summed E-state index contributed by atoms with van der Waals surface area (Å²) in [5.74, 6) is -0.539. The Morgan fingerprint density at radius 1 is 1.22 bits per heavy atom. The molecule has 1 fully saturated rings. The van der Waals surface area contributed by atoms with Gasteiger partial charge in [0.1, 0.15) is 0 Å². The van der Waals surface area contributed by atoms with E-state index in [1.807, 2.05) is 11.8 Å². The molecule has 0 spiro atoms. The van der Waals surface area contributed by atoms with Gasteiger partial charge in [0, 0.05) is 16.7 Å². The van der Waals surface area contributed by atoms with Crippen LogP contribution in [0.1, 0.15) is 25.7 Å². The number of carboxylic acids is 1. The number of carboxylic acid groups (broad SMARTS) is 1. The highest BCUT2D eigenvalue weighted by Gasteiger charge is 2.38. The number of aliphatic carboxylic acids is 1. The van der Waals surface area contributed by atoms with Gasteiger partial charge in [0.15, 0.2) is 0 Å². The molecule has 0 saturated heterocycles. The molecule has 1 aromatic rings. The lowest BCUT2D eigenvalue weighted by Gasteiger charge is -2.27. The highest BCUT2D eigenvalue weighted by molar-refractivity contribution is 7.99. The minimum Gasteiger partial charge on any atom is -0.475 e. The molecular weight excluding hydrogens is 327 g/mol. The predicted octanol–water partition coefficient (Wildman–Crippen LogP) is 4.19. The fraction of sp³-hybridized carbons (Fsp3) is 0.562. The lowest BCUT2D eigenvalue weighted by molar-refractivity contribution is -0.192. The molecule has 0 aliphatic heterocycles. The second kappa shape index (κ2) is 9.82. The average Bonchev–Trinajstić information content (AvgIpc) is 2.54. The molecule has 23 heavy (non-hydrogen) atoms. The first-order valence-electron chi connectivity index (χ1n) is 7.48. The quantitative estimate of drug-likeness (QED) is 0.800. The van der Waals surface area contributed by atoms with E-state index >= 15 is 0 Å². The first-order valence-corrected chi connectivity index (χ1v) is 8.46. The standard InChI is InChI=1S/C14H21NS.C2HF3O2/c1-15-13-9-7-12(8-10-13)11-16-14-5-3-2-4-6-14;3-2(4,5)1(6)7/h2-6,12-13,15H,7-11H2,1H3;(H,6,7)/t12-,13-;. The van der Waals surface area contributed by atoms with E-state index in [1.54, 1.807) is 0 Å². The highest BCUT2D eigenvalue weighted by Crippen LogP contribution is 2.29. The van der Waals surface area contributed by atoms with Crippen molar-refractivity contribution in [1.29, 1.82) is 0 Å². The van der Waals surface area contributed by atoms with Crippen LogP contribution in [0.3, 0.4) is 0 Å². The summed E-state index contributed by atoms with van der Waals surface area (Å²) in [4.78, 5) is 10.3. The van der Waals surface area contributed by atoms with Gasteiger partial charge in [-0.25, -0.2) is 4.79 Å².